The first-order valence-electron chi connectivity index (χ1n) is 16.4. The van der Waals surface area contributed by atoms with Crippen molar-refractivity contribution in [2.75, 3.05) is 36.4 Å². The molecular weight excluding hydrogens is 596 g/mol. The van der Waals surface area contributed by atoms with Crippen LogP contribution in [-0.4, -0.2) is 72.2 Å². The molecule has 2 aliphatic heterocycles. The summed E-state index contributed by atoms with van der Waals surface area (Å²) in [6.45, 7) is 13.2. The summed E-state index contributed by atoms with van der Waals surface area (Å²) in [5.74, 6) is 0.864. The van der Waals surface area contributed by atoms with Crippen LogP contribution in [0.15, 0.2) is 60.0 Å². The first-order valence-corrected chi connectivity index (χ1v) is 16.4. The van der Waals surface area contributed by atoms with Crippen LogP contribution in [0, 0.1) is 5.41 Å². The Morgan fingerprint density at radius 2 is 1.87 bits per heavy atom. The average Bonchev–Trinajstić information content (AvgIpc) is 3.30. The number of aliphatic hydroxyl groups excluding tert-OH is 1. The van der Waals surface area contributed by atoms with Gasteiger partial charge < -0.3 is 25.0 Å². The van der Waals surface area contributed by atoms with Gasteiger partial charge in [0.15, 0.2) is 11.5 Å². The third kappa shape index (κ3) is 5.97. The van der Waals surface area contributed by atoms with Gasteiger partial charge in [0.1, 0.15) is 11.0 Å². The van der Waals surface area contributed by atoms with E-state index in [0.29, 0.717) is 34.9 Å². The highest BCUT2D eigenvalue weighted by atomic mass is 16.6. The lowest BCUT2D eigenvalue weighted by Crippen LogP contribution is -2.62. The molecule has 0 radical (unpaired) electrons. The number of allylic oxidation sites excluding steroid dienone is 1. The van der Waals surface area contributed by atoms with Crippen LogP contribution in [0.5, 0.6) is 0 Å². The summed E-state index contributed by atoms with van der Waals surface area (Å²) >= 11 is 0. The van der Waals surface area contributed by atoms with Crippen LogP contribution in [0.2, 0.25) is 0 Å². The van der Waals surface area contributed by atoms with Crippen LogP contribution in [0.3, 0.4) is 0 Å². The van der Waals surface area contributed by atoms with E-state index in [-0.39, 0.29) is 23.6 Å². The number of anilines is 3. The van der Waals surface area contributed by atoms with Gasteiger partial charge >= 0.3 is 6.09 Å². The lowest BCUT2D eigenvalue weighted by Gasteiger charge is -2.54. The summed E-state index contributed by atoms with van der Waals surface area (Å²) in [7, 11) is 0. The van der Waals surface area contributed by atoms with E-state index < -0.39 is 11.7 Å². The molecule has 4 aromatic rings. The maximum atomic E-state index is 13.4. The predicted molar refractivity (Wildman–Crippen MR) is 180 cm³/mol. The Morgan fingerprint density at radius 3 is 2.57 bits per heavy atom. The van der Waals surface area contributed by atoms with Gasteiger partial charge in [0.25, 0.3) is 5.56 Å². The molecule has 1 aliphatic carbocycles. The Kier molecular flexibility index (Phi) is 7.78. The number of benzene rings is 1. The average molecular weight is 639 g/mol. The first kappa shape index (κ1) is 30.9. The monoisotopic (exact) mass is 638 g/mol. The molecular formula is C35H42N8O4. The van der Waals surface area contributed by atoms with Gasteiger partial charge in [0.2, 0.25) is 5.95 Å². The molecule has 3 aromatic heterocycles. The molecule has 12 heteroatoms. The summed E-state index contributed by atoms with van der Waals surface area (Å²) in [6.07, 6.45) is 6.87. The Morgan fingerprint density at radius 1 is 1.13 bits per heavy atom. The highest BCUT2D eigenvalue weighted by molar-refractivity contribution is 5.77. The smallest absolute Gasteiger partial charge is 0.410 e. The molecule has 2 N–H and O–H groups in total. The van der Waals surface area contributed by atoms with E-state index >= 15 is 0 Å². The number of hydrogen-bond donors (Lipinski definition) is 2. The zero-order valence-corrected chi connectivity index (χ0v) is 27.3. The van der Waals surface area contributed by atoms with E-state index in [2.05, 4.69) is 33.9 Å². The Hall–Kier alpha value is -4.71. The van der Waals surface area contributed by atoms with Gasteiger partial charge in [-0.15, -0.1) is 6.58 Å². The highest BCUT2D eigenvalue weighted by Gasteiger charge is 2.47. The number of carbonyl (C=O) groups excluding carboxylic acids is 1. The third-order valence-electron chi connectivity index (χ3n) is 9.45. The van der Waals surface area contributed by atoms with Crippen LogP contribution in [0.4, 0.5) is 22.1 Å². The van der Waals surface area contributed by atoms with Gasteiger partial charge in [-0.3, -0.25) is 4.79 Å². The Labute approximate surface area is 273 Å². The molecule has 0 saturated carbocycles. The molecule has 1 amide bonds. The number of piperidine rings is 1. The van der Waals surface area contributed by atoms with Crippen LogP contribution < -0.4 is 15.8 Å². The van der Waals surface area contributed by atoms with Crippen LogP contribution in [0.25, 0.3) is 16.9 Å². The molecule has 2 saturated heterocycles. The molecule has 12 nitrogen and oxygen atoms in total. The van der Waals surface area contributed by atoms with E-state index in [1.54, 1.807) is 17.0 Å². The Bertz CT molecular complexity index is 1870. The number of nitrogens with zero attached hydrogens (tertiary/aromatic N) is 7. The van der Waals surface area contributed by atoms with E-state index in [1.165, 1.54) is 4.68 Å². The molecule has 1 spiro atoms. The van der Waals surface area contributed by atoms with E-state index in [0.717, 1.165) is 68.8 Å². The van der Waals surface area contributed by atoms with Crippen LogP contribution in [-0.2, 0) is 17.7 Å². The van der Waals surface area contributed by atoms with Crippen molar-refractivity contribution in [2.24, 2.45) is 5.41 Å². The fourth-order valence-electron chi connectivity index (χ4n) is 7.00. The van der Waals surface area contributed by atoms with Crippen molar-refractivity contribution in [2.45, 2.75) is 71.1 Å². The van der Waals surface area contributed by atoms with Crippen LogP contribution in [0.1, 0.15) is 63.8 Å². The molecule has 1 atom stereocenters. The maximum absolute atomic E-state index is 13.4. The van der Waals surface area contributed by atoms with Gasteiger partial charge in [-0.05, 0) is 88.8 Å². The number of likely N-dealkylation sites (tertiary alicyclic amines) is 1. The molecule has 47 heavy (non-hydrogen) atoms. The van der Waals surface area contributed by atoms with Gasteiger partial charge in [-0.1, -0.05) is 12.1 Å². The molecule has 0 bridgehead atoms. The summed E-state index contributed by atoms with van der Waals surface area (Å²) in [5.41, 5.74) is 3.53. The summed E-state index contributed by atoms with van der Waals surface area (Å²) in [6, 6.07) is 12.0. The molecule has 2 fully saturated rings. The molecule has 1 aromatic carbocycles. The summed E-state index contributed by atoms with van der Waals surface area (Å²) in [5, 5.41) is 14.3. The van der Waals surface area contributed by atoms with Crippen molar-refractivity contribution in [3.05, 3.63) is 76.9 Å². The number of ether oxygens (including phenoxy) is 1. The molecule has 3 aliphatic rings. The first-order chi connectivity index (χ1) is 22.5. The number of carbonyl (C=O) groups is 1. The van der Waals surface area contributed by atoms with Crippen molar-refractivity contribution in [3.63, 3.8) is 0 Å². The second kappa shape index (κ2) is 11.8. The van der Waals surface area contributed by atoms with E-state index in [1.807, 2.05) is 49.9 Å². The van der Waals surface area contributed by atoms with Crippen molar-refractivity contribution < 1.29 is 14.6 Å². The number of aryl methyl sites for hydroxylation is 1. The third-order valence-corrected chi connectivity index (χ3v) is 9.45. The van der Waals surface area contributed by atoms with E-state index in [9.17, 15) is 14.7 Å². The second-order valence-corrected chi connectivity index (χ2v) is 14.0. The van der Waals surface area contributed by atoms with Gasteiger partial charge in [-0.2, -0.15) is 4.98 Å². The second-order valence-electron chi connectivity index (χ2n) is 14.0. The molecule has 1 unspecified atom stereocenters. The lowest BCUT2D eigenvalue weighted by atomic mass is 9.72. The number of aromatic nitrogens is 5. The minimum absolute atomic E-state index is 0.185. The minimum Gasteiger partial charge on any atom is -0.444 e. The van der Waals surface area contributed by atoms with Gasteiger partial charge in [0.05, 0.1) is 18.3 Å². The largest absolute Gasteiger partial charge is 0.444 e. The number of aliphatic hydroxyl groups is 1. The fraction of sp³-hybridized carbons (Fsp3) is 0.457. The Balaban J connectivity index is 1.06. The number of fused-ring (bicyclic) bond motifs is 2. The number of amides is 1. The highest BCUT2D eigenvalue weighted by Crippen LogP contribution is 2.42. The quantitative estimate of drug-likeness (QED) is 0.277. The topological polar surface area (TPSA) is 131 Å². The van der Waals surface area contributed by atoms with Gasteiger partial charge in [0, 0.05) is 49.2 Å². The molecule has 246 valence electrons. The van der Waals surface area contributed by atoms with Crippen molar-refractivity contribution >= 4 is 34.4 Å². The number of rotatable bonds is 6. The zero-order chi connectivity index (χ0) is 32.9. The summed E-state index contributed by atoms with van der Waals surface area (Å²) < 4.78 is 8.76. The number of pyridine rings is 1. The van der Waals surface area contributed by atoms with E-state index in [4.69, 9.17) is 14.7 Å². The standard InChI is InChI=1S/C35H42N8O4/c1-5-17-42-31(45)26-20-36-32(39-30(26)43(42)28-14-9-23-7-6-8-27(44)29(23)38-28)37-24-10-12-25(13-11-24)40-18-15-35(16-19-40)21-41(22-35)33(46)47-34(2,3)4/h5,9-14,20,27,44H,1,6-8,15-19,21-22H2,2-4H3,(H,36,37,39). The number of hydrogen-bond acceptors (Lipinski definition) is 9. The van der Waals surface area contributed by atoms with Crippen LogP contribution >= 0.6 is 0 Å². The molecule has 5 heterocycles. The normalized spacial score (nSPS) is 18.9. The van der Waals surface area contributed by atoms with Crippen molar-refractivity contribution in [1.29, 1.82) is 0 Å². The predicted octanol–water partition coefficient (Wildman–Crippen LogP) is 5.11. The minimum atomic E-state index is -0.631. The summed E-state index contributed by atoms with van der Waals surface area (Å²) in [4.78, 5) is 44.0. The molecule has 7 rings (SSSR count). The van der Waals surface area contributed by atoms with Crippen molar-refractivity contribution in [3.8, 4) is 5.82 Å². The maximum Gasteiger partial charge on any atom is 0.410 e. The lowest BCUT2D eigenvalue weighted by molar-refractivity contribution is -0.0434. The van der Waals surface area contributed by atoms with Gasteiger partial charge in [-0.25, -0.2) is 24.1 Å². The zero-order valence-electron chi connectivity index (χ0n) is 27.3. The number of nitrogens with one attached hydrogen (secondary N) is 1. The van der Waals surface area contributed by atoms with Crippen molar-refractivity contribution in [1.82, 2.24) is 29.2 Å². The fourth-order valence-corrected chi connectivity index (χ4v) is 7.00. The SMILES string of the molecule is C=CCn1c(=O)c2cnc(Nc3ccc(N4CCC5(CC4)CN(C(=O)OC(C)(C)C)C5)cc3)nc2n1-c1ccc2c(n1)C(O)CCC2.